The molecule has 4 rings (SSSR count). The molecular weight excluding hydrogens is 400 g/mol. The molecule has 0 N–H and O–H groups in total. The summed E-state index contributed by atoms with van der Waals surface area (Å²) in [6.45, 7) is 8.88. The minimum Gasteiger partial charge on any atom is -0.438 e. The number of ketones is 2. The molecule has 30 heavy (non-hydrogen) atoms. The van der Waals surface area contributed by atoms with Crippen LogP contribution in [0.25, 0.3) is 10.2 Å². The molecule has 6 nitrogen and oxygen atoms in total. The van der Waals surface area contributed by atoms with E-state index in [4.69, 9.17) is 9.47 Å². The van der Waals surface area contributed by atoms with Gasteiger partial charge in [-0.1, -0.05) is 13.0 Å². The van der Waals surface area contributed by atoms with Crippen molar-refractivity contribution in [2.24, 2.45) is 0 Å². The lowest BCUT2D eigenvalue weighted by Crippen LogP contribution is -2.58. The zero-order valence-corrected chi connectivity index (χ0v) is 18.5. The van der Waals surface area contributed by atoms with Crippen LogP contribution in [-0.4, -0.2) is 32.7 Å². The molecule has 1 aliphatic heterocycles. The molecule has 7 heteroatoms. The van der Waals surface area contributed by atoms with Crippen LogP contribution in [0.15, 0.2) is 36.0 Å². The first kappa shape index (κ1) is 20.6. The van der Waals surface area contributed by atoms with Gasteiger partial charge < -0.3 is 9.47 Å². The van der Waals surface area contributed by atoms with Crippen molar-refractivity contribution >= 4 is 33.1 Å². The van der Waals surface area contributed by atoms with Crippen molar-refractivity contribution in [1.82, 2.24) is 9.97 Å². The van der Waals surface area contributed by atoms with Crippen LogP contribution in [0.5, 0.6) is 11.6 Å². The molecule has 3 heterocycles. The van der Waals surface area contributed by atoms with Crippen molar-refractivity contribution < 1.29 is 19.1 Å². The van der Waals surface area contributed by atoms with Gasteiger partial charge in [0.2, 0.25) is 5.88 Å². The zero-order chi connectivity index (χ0) is 21.7. The maximum Gasteiger partial charge on any atom is 0.231 e. The second-order valence-corrected chi connectivity index (χ2v) is 9.31. The number of carbonyl (C=O) groups excluding carboxylic acids is 2. The predicted octanol–water partition coefficient (Wildman–Crippen LogP) is 4.86. The largest absolute Gasteiger partial charge is 0.438 e. The zero-order valence-electron chi connectivity index (χ0n) is 17.7. The topological polar surface area (TPSA) is 78.4 Å². The van der Waals surface area contributed by atoms with Crippen LogP contribution in [0.4, 0.5) is 0 Å². The Hall–Kier alpha value is -2.64. The molecule has 3 aromatic rings. The second kappa shape index (κ2) is 7.25. The number of benzene rings is 1. The summed E-state index contributed by atoms with van der Waals surface area (Å²) < 4.78 is 11.9. The van der Waals surface area contributed by atoms with Crippen LogP contribution in [0.3, 0.4) is 0 Å². The van der Waals surface area contributed by atoms with Gasteiger partial charge in [-0.05, 0) is 68.8 Å². The van der Waals surface area contributed by atoms with Crippen LogP contribution in [0, 0.1) is 0 Å². The maximum atomic E-state index is 13.2. The Labute approximate surface area is 179 Å². The van der Waals surface area contributed by atoms with Gasteiger partial charge in [-0.3, -0.25) is 9.59 Å². The van der Waals surface area contributed by atoms with Crippen LogP contribution in [-0.2, 0) is 20.7 Å². The first-order valence-corrected chi connectivity index (χ1v) is 10.8. The molecule has 0 aliphatic carbocycles. The quantitative estimate of drug-likeness (QED) is 0.557. The highest BCUT2D eigenvalue weighted by atomic mass is 32.1. The molecule has 0 spiro atoms. The summed E-state index contributed by atoms with van der Waals surface area (Å²) in [4.78, 5) is 35.8. The fourth-order valence-electron chi connectivity index (χ4n) is 4.02. The van der Waals surface area contributed by atoms with E-state index in [1.165, 1.54) is 17.7 Å². The molecule has 0 atom stereocenters. The van der Waals surface area contributed by atoms with E-state index in [0.717, 1.165) is 15.8 Å². The molecule has 1 saturated heterocycles. The molecule has 0 amide bonds. The number of aromatic nitrogens is 2. The number of rotatable bonds is 4. The van der Waals surface area contributed by atoms with E-state index < -0.39 is 17.1 Å². The Kier molecular flexibility index (Phi) is 4.98. The molecule has 1 aliphatic rings. The van der Waals surface area contributed by atoms with E-state index >= 15 is 0 Å². The summed E-state index contributed by atoms with van der Waals surface area (Å²) >= 11 is 1.51. The van der Waals surface area contributed by atoms with Crippen molar-refractivity contribution in [3.63, 3.8) is 0 Å². The van der Waals surface area contributed by atoms with Crippen LogP contribution in [0.2, 0.25) is 0 Å². The molecule has 0 bridgehead atoms. The van der Waals surface area contributed by atoms with Gasteiger partial charge in [0.25, 0.3) is 0 Å². The highest BCUT2D eigenvalue weighted by Crippen LogP contribution is 2.41. The van der Waals surface area contributed by atoms with E-state index in [9.17, 15) is 9.59 Å². The predicted molar refractivity (Wildman–Crippen MR) is 115 cm³/mol. The fraction of sp³-hybridized carbons (Fsp3) is 0.391. The molecule has 156 valence electrons. The summed E-state index contributed by atoms with van der Waals surface area (Å²) in [6, 6.07) is 7.45. The molecule has 0 unspecified atom stereocenters. The summed E-state index contributed by atoms with van der Waals surface area (Å²) in [5.41, 5.74) is -0.505. The SMILES string of the molecule is CCc1ccc(Oc2ncnc3sccc23)cc1C1C(=O)C(C)(C)OC(C)(C)C1=O. The van der Waals surface area contributed by atoms with Crippen molar-refractivity contribution in [2.75, 3.05) is 0 Å². The third-order valence-electron chi connectivity index (χ3n) is 5.47. The number of hydrogen-bond donors (Lipinski definition) is 0. The lowest BCUT2D eigenvalue weighted by Gasteiger charge is -2.43. The second-order valence-electron chi connectivity index (χ2n) is 8.42. The summed E-state index contributed by atoms with van der Waals surface area (Å²) in [7, 11) is 0. The van der Waals surface area contributed by atoms with Crippen molar-refractivity contribution in [2.45, 2.75) is 58.2 Å². The van der Waals surface area contributed by atoms with Crippen molar-refractivity contribution in [1.29, 1.82) is 0 Å². The fourth-order valence-corrected chi connectivity index (χ4v) is 4.75. The maximum absolute atomic E-state index is 13.2. The molecular formula is C23H24N2O4S. The molecule has 1 fully saturated rings. The van der Waals surface area contributed by atoms with Crippen molar-refractivity contribution in [3.05, 3.63) is 47.1 Å². The van der Waals surface area contributed by atoms with Gasteiger partial charge in [-0.2, -0.15) is 0 Å². The number of thiophene rings is 1. The van der Waals surface area contributed by atoms with Crippen LogP contribution < -0.4 is 4.74 Å². The standard InChI is InChI=1S/C23H24N2O4S/c1-6-13-7-8-14(28-20-15-9-10-30-21(15)25-12-24-20)11-16(13)17-18(26)22(2,3)29-23(4,5)19(17)27/h7-12,17H,6H2,1-5H3. The number of carbonyl (C=O) groups is 2. The Morgan fingerprint density at radius 2 is 1.77 bits per heavy atom. The van der Waals surface area contributed by atoms with Gasteiger partial charge in [0.15, 0.2) is 11.6 Å². The highest BCUT2D eigenvalue weighted by molar-refractivity contribution is 7.16. The average molecular weight is 425 g/mol. The lowest BCUT2D eigenvalue weighted by atomic mass is 9.73. The average Bonchev–Trinajstić information content (AvgIpc) is 3.16. The lowest BCUT2D eigenvalue weighted by molar-refractivity contribution is -0.184. The minimum atomic E-state index is -1.06. The Bertz CT molecular complexity index is 1120. The van der Waals surface area contributed by atoms with Gasteiger partial charge in [0, 0.05) is 0 Å². The highest BCUT2D eigenvalue weighted by Gasteiger charge is 2.53. The molecule has 2 aromatic heterocycles. The van der Waals surface area contributed by atoms with Gasteiger partial charge in [0.1, 0.15) is 34.0 Å². The van der Waals surface area contributed by atoms with Gasteiger partial charge in [0.05, 0.1) is 5.39 Å². The van der Waals surface area contributed by atoms with E-state index in [0.29, 0.717) is 23.6 Å². The Balaban J connectivity index is 1.79. The molecule has 1 aromatic carbocycles. The number of Topliss-reactive ketones (excluding diaryl/α,β-unsaturated/α-hetero) is 2. The van der Waals surface area contributed by atoms with Gasteiger partial charge >= 0.3 is 0 Å². The number of ether oxygens (including phenoxy) is 2. The third-order valence-corrected chi connectivity index (χ3v) is 6.29. The summed E-state index contributed by atoms with van der Waals surface area (Å²) in [6.07, 6.45) is 2.16. The normalized spacial score (nSPS) is 18.7. The first-order valence-electron chi connectivity index (χ1n) is 9.91. The number of nitrogens with zero attached hydrogens (tertiary/aromatic N) is 2. The Morgan fingerprint density at radius 1 is 1.07 bits per heavy atom. The van der Waals surface area contributed by atoms with E-state index in [1.807, 2.05) is 30.5 Å². The molecule has 0 radical (unpaired) electrons. The number of fused-ring (bicyclic) bond motifs is 1. The smallest absolute Gasteiger partial charge is 0.231 e. The third kappa shape index (κ3) is 3.42. The number of aryl methyl sites for hydroxylation is 1. The summed E-state index contributed by atoms with van der Waals surface area (Å²) in [5, 5.41) is 2.76. The van der Waals surface area contributed by atoms with E-state index in [2.05, 4.69) is 9.97 Å². The van der Waals surface area contributed by atoms with Crippen LogP contribution >= 0.6 is 11.3 Å². The summed E-state index contributed by atoms with van der Waals surface area (Å²) in [5.74, 6) is -0.395. The first-order chi connectivity index (χ1) is 14.1. The number of hydrogen-bond acceptors (Lipinski definition) is 7. The minimum absolute atomic E-state index is 0.235. The van der Waals surface area contributed by atoms with Crippen LogP contribution in [0.1, 0.15) is 51.7 Å². The van der Waals surface area contributed by atoms with Gasteiger partial charge in [-0.15, -0.1) is 11.3 Å². The van der Waals surface area contributed by atoms with E-state index in [1.54, 1.807) is 33.8 Å². The Morgan fingerprint density at radius 3 is 2.43 bits per heavy atom. The van der Waals surface area contributed by atoms with Crippen molar-refractivity contribution in [3.8, 4) is 11.6 Å². The molecule has 0 saturated carbocycles. The van der Waals surface area contributed by atoms with Gasteiger partial charge in [-0.25, -0.2) is 9.97 Å². The monoisotopic (exact) mass is 424 g/mol. The van der Waals surface area contributed by atoms with E-state index in [-0.39, 0.29) is 11.6 Å².